The van der Waals surface area contributed by atoms with Gasteiger partial charge in [-0.15, -0.1) is 0 Å². The monoisotopic (exact) mass is 648 g/mol. The van der Waals surface area contributed by atoms with Crippen LogP contribution in [0.15, 0.2) is 0 Å². The van der Waals surface area contributed by atoms with E-state index >= 15 is 0 Å². The van der Waals surface area contributed by atoms with Crippen molar-refractivity contribution in [2.24, 2.45) is 11.8 Å². The normalized spacial score (nSPS) is 15.0. The van der Waals surface area contributed by atoms with Crippen LogP contribution < -0.4 is 5.32 Å². The molecular formula is C31H56N2O12. The summed E-state index contributed by atoms with van der Waals surface area (Å²) in [5, 5.41) is 2.83. The lowest BCUT2D eigenvalue weighted by atomic mass is 9.94. The summed E-state index contributed by atoms with van der Waals surface area (Å²) in [6.45, 7) is 11.7. The SMILES string of the molecule is CC(C)C1CC(=O)N(CCCCCC(=O)NCCOCCOCCOCCOCCOCCOCCOCCOCC=O)C1=O. The molecule has 45 heavy (non-hydrogen) atoms. The van der Waals surface area contributed by atoms with Gasteiger partial charge in [0.2, 0.25) is 17.7 Å². The number of nitrogens with one attached hydrogen (secondary N) is 1. The number of amides is 3. The molecule has 1 aliphatic rings. The van der Waals surface area contributed by atoms with Gasteiger partial charge in [0, 0.05) is 31.8 Å². The molecule has 14 nitrogen and oxygen atoms in total. The molecule has 1 saturated heterocycles. The quantitative estimate of drug-likeness (QED) is 0.0613. The number of ether oxygens (including phenoxy) is 8. The van der Waals surface area contributed by atoms with Gasteiger partial charge < -0.3 is 48.0 Å². The number of rotatable bonds is 33. The van der Waals surface area contributed by atoms with E-state index in [1.165, 1.54) is 4.90 Å². The summed E-state index contributed by atoms with van der Waals surface area (Å²) < 4.78 is 42.9. The molecule has 0 aromatic heterocycles. The van der Waals surface area contributed by atoms with Crippen molar-refractivity contribution in [1.82, 2.24) is 10.2 Å². The molecule has 0 aromatic rings. The molecule has 0 aliphatic carbocycles. The Morgan fingerprint density at radius 1 is 0.711 bits per heavy atom. The molecule has 0 radical (unpaired) electrons. The molecule has 3 amide bonds. The second-order valence-corrected chi connectivity index (χ2v) is 10.6. The molecule has 262 valence electrons. The van der Waals surface area contributed by atoms with E-state index in [2.05, 4.69) is 5.32 Å². The highest BCUT2D eigenvalue weighted by Gasteiger charge is 2.39. The molecule has 0 spiro atoms. The lowest BCUT2D eigenvalue weighted by molar-refractivity contribution is -0.139. The van der Waals surface area contributed by atoms with Crippen molar-refractivity contribution in [2.45, 2.75) is 46.0 Å². The highest BCUT2D eigenvalue weighted by atomic mass is 16.6. The number of aldehydes is 1. The van der Waals surface area contributed by atoms with Crippen LogP contribution in [0.2, 0.25) is 0 Å². The van der Waals surface area contributed by atoms with Crippen LogP contribution in [0.4, 0.5) is 0 Å². The van der Waals surface area contributed by atoms with Crippen molar-refractivity contribution in [3.8, 4) is 0 Å². The summed E-state index contributed by atoms with van der Waals surface area (Å²) in [6, 6.07) is 0. The Morgan fingerprint density at radius 2 is 1.16 bits per heavy atom. The Kier molecular flexibility index (Phi) is 26.7. The zero-order chi connectivity index (χ0) is 32.8. The highest BCUT2D eigenvalue weighted by molar-refractivity contribution is 6.03. The Morgan fingerprint density at radius 3 is 1.58 bits per heavy atom. The van der Waals surface area contributed by atoms with Crippen molar-refractivity contribution in [2.75, 3.05) is 119 Å². The van der Waals surface area contributed by atoms with E-state index in [1.807, 2.05) is 13.8 Å². The maximum Gasteiger partial charge on any atom is 0.233 e. The second-order valence-electron chi connectivity index (χ2n) is 10.6. The third-order valence-electron chi connectivity index (χ3n) is 6.73. The van der Waals surface area contributed by atoms with Crippen molar-refractivity contribution in [3.63, 3.8) is 0 Å². The van der Waals surface area contributed by atoms with E-state index in [0.717, 1.165) is 6.42 Å². The van der Waals surface area contributed by atoms with Gasteiger partial charge in [-0.2, -0.15) is 0 Å². The predicted octanol–water partition coefficient (Wildman–Crippen LogP) is 1.03. The van der Waals surface area contributed by atoms with Gasteiger partial charge in [-0.3, -0.25) is 19.3 Å². The Hall–Kier alpha value is -2.04. The van der Waals surface area contributed by atoms with Gasteiger partial charge >= 0.3 is 0 Å². The first-order valence-corrected chi connectivity index (χ1v) is 16.1. The lowest BCUT2D eigenvalue weighted by Crippen LogP contribution is -2.32. The van der Waals surface area contributed by atoms with Crippen molar-refractivity contribution in [3.05, 3.63) is 0 Å². The maximum absolute atomic E-state index is 12.3. The largest absolute Gasteiger partial charge is 0.377 e. The van der Waals surface area contributed by atoms with Gasteiger partial charge in [-0.05, 0) is 18.8 Å². The summed E-state index contributed by atoms with van der Waals surface area (Å²) >= 11 is 0. The number of carbonyl (C=O) groups excluding carboxylic acids is 4. The number of likely N-dealkylation sites (tertiary alicyclic amines) is 1. The lowest BCUT2D eigenvalue weighted by Gasteiger charge is -2.16. The molecule has 1 atom stereocenters. The summed E-state index contributed by atoms with van der Waals surface area (Å²) in [5.41, 5.74) is 0. The molecule has 1 rings (SSSR count). The maximum atomic E-state index is 12.3. The van der Waals surface area contributed by atoms with E-state index in [9.17, 15) is 19.2 Å². The number of unbranched alkanes of at least 4 members (excludes halogenated alkanes) is 2. The summed E-state index contributed by atoms with van der Waals surface area (Å²) in [6.07, 6.45) is 3.65. The fourth-order valence-corrected chi connectivity index (χ4v) is 4.22. The standard InChI is InChI=1S/C31H56N2O12/c1-27(2)28-26-30(36)33(31(28)37)8-5-3-4-6-29(35)32-7-10-38-12-14-40-16-18-42-20-22-44-24-25-45-23-21-43-19-17-41-15-13-39-11-9-34/h9,27-28H,3-8,10-26H2,1-2H3,(H,32,35). The van der Waals surface area contributed by atoms with E-state index in [4.69, 9.17) is 37.9 Å². The van der Waals surface area contributed by atoms with Gasteiger partial charge in [0.15, 0.2) is 0 Å². The number of hydrogen-bond acceptors (Lipinski definition) is 12. The Labute approximate surface area is 268 Å². The first-order chi connectivity index (χ1) is 22.0. The number of hydrogen-bond donors (Lipinski definition) is 1. The zero-order valence-corrected chi connectivity index (χ0v) is 27.3. The predicted molar refractivity (Wildman–Crippen MR) is 164 cm³/mol. The summed E-state index contributed by atoms with van der Waals surface area (Å²) in [4.78, 5) is 47.8. The molecule has 1 aliphatic heterocycles. The van der Waals surface area contributed by atoms with E-state index < -0.39 is 0 Å². The molecule has 0 saturated carbocycles. The van der Waals surface area contributed by atoms with Crippen molar-refractivity contribution in [1.29, 1.82) is 0 Å². The molecule has 14 heteroatoms. The zero-order valence-electron chi connectivity index (χ0n) is 27.3. The molecule has 1 heterocycles. The van der Waals surface area contributed by atoms with Crippen LogP contribution in [0.3, 0.4) is 0 Å². The average Bonchev–Trinajstić information content (AvgIpc) is 3.31. The Bertz CT molecular complexity index is 771. The van der Waals surface area contributed by atoms with Crippen LogP contribution in [-0.4, -0.2) is 148 Å². The van der Waals surface area contributed by atoms with Crippen LogP contribution in [-0.2, 0) is 57.1 Å². The van der Waals surface area contributed by atoms with Crippen molar-refractivity contribution >= 4 is 24.0 Å². The van der Waals surface area contributed by atoms with Gasteiger partial charge in [0.1, 0.15) is 12.9 Å². The smallest absolute Gasteiger partial charge is 0.233 e. The Balaban J connectivity index is 1.73. The van der Waals surface area contributed by atoms with Crippen molar-refractivity contribution < 1.29 is 57.1 Å². The third kappa shape index (κ3) is 23.0. The highest BCUT2D eigenvalue weighted by Crippen LogP contribution is 2.26. The number of imide groups is 1. The van der Waals surface area contributed by atoms with Gasteiger partial charge in [0.05, 0.1) is 99.1 Å². The van der Waals surface area contributed by atoms with Crippen LogP contribution in [0.25, 0.3) is 0 Å². The molecule has 0 bridgehead atoms. The van der Waals surface area contributed by atoms with Crippen LogP contribution in [0, 0.1) is 11.8 Å². The van der Waals surface area contributed by atoms with E-state index in [0.29, 0.717) is 144 Å². The molecule has 0 aromatic carbocycles. The summed E-state index contributed by atoms with van der Waals surface area (Å²) in [5.74, 6) is -0.181. The first-order valence-electron chi connectivity index (χ1n) is 16.1. The fraction of sp³-hybridized carbons (Fsp3) is 0.871. The van der Waals surface area contributed by atoms with E-state index in [1.54, 1.807) is 0 Å². The number of nitrogens with zero attached hydrogens (tertiary/aromatic N) is 1. The fourth-order valence-electron chi connectivity index (χ4n) is 4.22. The molecule has 1 unspecified atom stereocenters. The average molecular weight is 649 g/mol. The topological polar surface area (TPSA) is 157 Å². The minimum Gasteiger partial charge on any atom is -0.377 e. The van der Waals surface area contributed by atoms with Gasteiger partial charge in [0.25, 0.3) is 0 Å². The molecule has 1 N–H and O–H groups in total. The van der Waals surface area contributed by atoms with E-state index in [-0.39, 0.29) is 36.2 Å². The third-order valence-corrected chi connectivity index (χ3v) is 6.73. The minimum absolute atomic E-state index is 0.0312. The van der Waals surface area contributed by atoms with Gasteiger partial charge in [-0.25, -0.2) is 0 Å². The number of carbonyl (C=O) groups is 4. The van der Waals surface area contributed by atoms with Gasteiger partial charge in [-0.1, -0.05) is 20.3 Å². The van der Waals surface area contributed by atoms with Crippen LogP contribution >= 0.6 is 0 Å². The molecule has 1 fully saturated rings. The minimum atomic E-state index is -0.190. The van der Waals surface area contributed by atoms with Crippen LogP contribution in [0.5, 0.6) is 0 Å². The molecular weight excluding hydrogens is 592 g/mol. The van der Waals surface area contributed by atoms with Crippen LogP contribution in [0.1, 0.15) is 46.0 Å². The first kappa shape index (κ1) is 41.0. The summed E-state index contributed by atoms with van der Waals surface area (Å²) in [7, 11) is 0. The second kappa shape index (κ2) is 29.4.